The summed E-state index contributed by atoms with van der Waals surface area (Å²) in [6.07, 6.45) is 6.52. The number of carbonyl (C=O) groups is 1. The number of fused-ring (bicyclic) bond motifs is 1. The summed E-state index contributed by atoms with van der Waals surface area (Å²) in [5, 5.41) is 10.6. The summed E-state index contributed by atoms with van der Waals surface area (Å²) in [6, 6.07) is 0. The zero-order valence-corrected chi connectivity index (χ0v) is 16.4. The van der Waals surface area contributed by atoms with Crippen molar-refractivity contribution < 1.29 is 24.1 Å². The van der Waals surface area contributed by atoms with Crippen LogP contribution in [0.1, 0.15) is 52.9 Å². The monoisotopic (exact) mass is 364 g/mol. The average molecular weight is 364 g/mol. The van der Waals surface area contributed by atoms with E-state index < -0.39 is 0 Å². The minimum absolute atomic E-state index is 0.0360. The van der Waals surface area contributed by atoms with Gasteiger partial charge in [-0.1, -0.05) is 26.8 Å². The molecule has 0 aromatic heterocycles. The van der Waals surface area contributed by atoms with Crippen molar-refractivity contribution in [2.45, 2.75) is 70.7 Å². The molecule has 0 amide bonds. The molecule has 4 fully saturated rings. The van der Waals surface area contributed by atoms with Crippen molar-refractivity contribution in [3.63, 3.8) is 0 Å². The zero-order valence-electron chi connectivity index (χ0n) is 16.4. The van der Waals surface area contributed by atoms with E-state index in [0.29, 0.717) is 24.0 Å². The van der Waals surface area contributed by atoms with Crippen LogP contribution in [0.15, 0.2) is 11.6 Å². The molecule has 2 heterocycles. The summed E-state index contributed by atoms with van der Waals surface area (Å²) in [7, 11) is 1.42. The van der Waals surface area contributed by atoms with Gasteiger partial charge in [0.1, 0.15) is 6.10 Å². The molecule has 0 unspecified atom stereocenters. The number of epoxide rings is 2. The third-order valence-electron chi connectivity index (χ3n) is 7.99. The average Bonchev–Trinajstić information content (AvgIpc) is 3.50. The Hall–Kier alpha value is -0.910. The highest BCUT2D eigenvalue weighted by Gasteiger charge is 2.66. The summed E-state index contributed by atoms with van der Waals surface area (Å²) in [5.41, 5.74) is 0.644. The normalized spacial score (nSPS) is 46.6. The highest BCUT2D eigenvalue weighted by atomic mass is 16.6. The number of aliphatic hydroxyl groups is 1. The molecule has 4 aliphatic rings. The second kappa shape index (κ2) is 6.05. The number of esters is 1. The standard InChI is InChI=1S/C21H32O5/c1-19(2)15-7-10-21(12-26-21)16(20(15,3)9-8-17(19)22)6-5-13(14-11-25-14)18(23)24-4/h5,14-17,22H,6-12H2,1-4H3/b13-5-/t14-,15+,16-,17+,20-,21+/m0/s1. The van der Waals surface area contributed by atoms with Crippen molar-refractivity contribution in [2.24, 2.45) is 22.7 Å². The molecule has 0 radical (unpaired) electrons. The highest BCUT2D eigenvalue weighted by Crippen LogP contribution is 2.66. The molecule has 26 heavy (non-hydrogen) atoms. The second-order valence-corrected chi connectivity index (χ2v) is 9.59. The number of carbonyl (C=O) groups excluding carboxylic acids is 1. The lowest BCUT2D eigenvalue weighted by molar-refractivity contribution is -0.153. The number of hydrogen-bond donors (Lipinski definition) is 1. The van der Waals surface area contributed by atoms with Gasteiger partial charge >= 0.3 is 5.97 Å². The molecule has 1 spiro atoms. The number of ether oxygens (including phenoxy) is 3. The Morgan fingerprint density at radius 2 is 1.96 bits per heavy atom. The van der Waals surface area contributed by atoms with E-state index in [2.05, 4.69) is 20.8 Å². The van der Waals surface area contributed by atoms with Gasteiger partial charge in [0, 0.05) is 0 Å². The highest BCUT2D eigenvalue weighted by molar-refractivity contribution is 5.90. The van der Waals surface area contributed by atoms with Gasteiger partial charge < -0.3 is 19.3 Å². The van der Waals surface area contributed by atoms with Crippen molar-refractivity contribution in [3.8, 4) is 0 Å². The molecule has 2 aliphatic heterocycles. The maximum Gasteiger partial charge on any atom is 0.336 e. The summed E-state index contributed by atoms with van der Waals surface area (Å²) in [6.45, 7) is 8.25. The zero-order chi connectivity index (χ0) is 18.7. The first-order valence-electron chi connectivity index (χ1n) is 9.96. The van der Waals surface area contributed by atoms with E-state index in [1.807, 2.05) is 6.08 Å². The van der Waals surface area contributed by atoms with Crippen LogP contribution in [-0.4, -0.2) is 49.2 Å². The Morgan fingerprint density at radius 3 is 2.54 bits per heavy atom. The topological polar surface area (TPSA) is 71.6 Å². The van der Waals surface area contributed by atoms with Gasteiger partial charge in [0.2, 0.25) is 0 Å². The molecule has 2 aliphatic carbocycles. The second-order valence-electron chi connectivity index (χ2n) is 9.59. The third-order valence-corrected chi connectivity index (χ3v) is 7.99. The molecular formula is C21H32O5. The summed E-state index contributed by atoms with van der Waals surface area (Å²) in [4.78, 5) is 12.1. The first kappa shape index (κ1) is 18.5. The smallest absolute Gasteiger partial charge is 0.336 e. The van der Waals surface area contributed by atoms with Crippen LogP contribution < -0.4 is 0 Å². The molecular weight excluding hydrogens is 332 g/mol. The molecule has 0 aromatic carbocycles. The van der Waals surface area contributed by atoms with Gasteiger partial charge in [0.05, 0.1) is 37.6 Å². The molecule has 4 rings (SSSR count). The number of methoxy groups -OCH3 is 1. The van der Waals surface area contributed by atoms with E-state index in [1.54, 1.807) is 0 Å². The van der Waals surface area contributed by atoms with Gasteiger partial charge in [-0.25, -0.2) is 4.79 Å². The third kappa shape index (κ3) is 2.74. The van der Waals surface area contributed by atoms with Crippen LogP contribution in [0.3, 0.4) is 0 Å². The molecule has 5 nitrogen and oxygen atoms in total. The van der Waals surface area contributed by atoms with Gasteiger partial charge in [0.25, 0.3) is 0 Å². The SMILES string of the molecule is COC(=O)/C(=C\C[C@@H]1[C@@]2(CC[C@@H]3C(C)(C)[C@H](O)CC[C@@]31C)CO2)[C@@H]1CO1. The molecule has 5 heteroatoms. The van der Waals surface area contributed by atoms with E-state index >= 15 is 0 Å². The largest absolute Gasteiger partial charge is 0.466 e. The maximum absolute atomic E-state index is 12.1. The van der Waals surface area contributed by atoms with Gasteiger partial charge in [-0.05, 0) is 54.8 Å². The maximum atomic E-state index is 12.1. The Labute approximate surface area is 156 Å². The van der Waals surface area contributed by atoms with Crippen molar-refractivity contribution >= 4 is 5.97 Å². The number of allylic oxidation sites excluding steroid dienone is 1. The van der Waals surface area contributed by atoms with Crippen LogP contribution in [0.2, 0.25) is 0 Å². The Bertz CT molecular complexity index is 616. The van der Waals surface area contributed by atoms with Crippen molar-refractivity contribution in [2.75, 3.05) is 20.3 Å². The quantitative estimate of drug-likeness (QED) is 0.472. The van der Waals surface area contributed by atoms with Crippen LogP contribution in [0, 0.1) is 22.7 Å². The van der Waals surface area contributed by atoms with Crippen molar-refractivity contribution in [1.29, 1.82) is 0 Å². The summed E-state index contributed by atoms with van der Waals surface area (Å²) < 4.78 is 16.3. The lowest BCUT2D eigenvalue weighted by atomic mass is 9.45. The molecule has 6 atom stereocenters. The van der Waals surface area contributed by atoms with E-state index in [-0.39, 0.29) is 34.6 Å². The van der Waals surface area contributed by atoms with Gasteiger partial charge in [-0.3, -0.25) is 0 Å². The first-order chi connectivity index (χ1) is 12.2. The van der Waals surface area contributed by atoms with Crippen LogP contribution in [0.4, 0.5) is 0 Å². The van der Waals surface area contributed by atoms with Crippen molar-refractivity contribution in [1.82, 2.24) is 0 Å². The predicted molar refractivity (Wildman–Crippen MR) is 96.5 cm³/mol. The lowest BCUT2D eigenvalue weighted by Gasteiger charge is -2.60. The van der Waals surface area contributed by atoms with E-state index in [1.165, 1.54) is 7.11 Å². The molecule has 2 saturated heterocycles. The number of hydrogen-bond acceptors (Lipinski definition) is 5. The Morgan fingerprint density at radius 1 is 1.27 bits per heavy atom. The fourth-order valence-electron chi connectivity index (χ4n) is 6.22. The van der Waals surface area contributed by atoms with Crippen molar-refractivity contribution in [3.05, 3.63) is 11.6 Å². The van der Waals surface area contributed by atoms with E-state index in [9.17, 15) is 9.90 Å². The van der Waals surface area contributed by atoms with Crippen LogP contribution in [-0.2, 0) is 19.0 Å². The number of aliphatic hydroxyl groups excluding tert-OH is 1. The molecule has 0 bridgehead atoms. The Kier molecular flexibility index (Phi) is 4.29. The summed E-state index contributed by atoms with van der Waals surface area (Å²) >= 11 is 0. The van der Waals surface area contributed by atoms with Gasteiger partial charge in [-0.2, -0.15) is 0 Å². The number of rotatable bonds is 4. The predicted octanol–water partition coefficient (Wildman–Crippen LogP) is 2.86. The molecule has 146 valence electrons. The fraction of sp³-hybridized carbons (Fsp3) is 0.857. The van der Waals surface area contributed by atoms with Crippen LogP contribution in [0.5, 0.6) is 0 Å². The summed E-state index contributed by atoms with van der Waals surface area (Å²) in [5.74, 6) is 0.542. The molecule has 1 N–H and O–H groups in total. The van der Waals surface area contributed by atoms with Gasteiger partial charge in [0.15, 0.2) is 0 Å². The van der Waals surface area contributed by atoms with E-state index in [4.69, 9.17) is 14.2 Å². The molecule has 2 saturated carbocycles. The minimum Gasteiger partial charge on any atom is -0.466 e. The first-order valence-corrected chi connectivity index (χ1v) is 9.96. The van der Waals surface area contributed by atoms with Crippen LogP contribution >= 0.6 is 0 Å². The van der Waals surface area contributed by atoms with Gasteiger partial charge in [-0.15, -0.1) is 0 Å². The van der Waals surface area contributed by atoms with Crippen LogP contribution in [0.25, 0.3) is 0 Å². The molecule has 0 aromatic rings. The fourth-order valence-corrected chi connectivity index (χ4v) is 6.22. The van der Waals surface area contributed by atoms with E-state index in [0.717, 1.165) is 38.7 Å². The Balaban J connectivity index is 1.63. The lowest BCUT2D eigenvalue weighted by Crippen LogP contribution is -2.58. The minimum atomic E-state index is -0.282.